The first-order valence-electron chi connectivity index (χ1n) is 6.31. The molecule has 0 aliphatic rings. The smallest absolute Gasteiger partial charge is 0.305 e. The third kappa shape index (κ3) is 5.79. The lowest BCUT2D eigenvalue weighted by Crippen LogP contribution is -2.24. The number of ether oxygens (including phenoxy) is 1. The number of hydrogen-bond acceptors (Lipinski definition) is 3. The summed E-state index contributed by atoms with van der Waals surface area (Å²) in [7, 11) is 0. The van der Waals surface area contributed by atoms with Crippen LogP contribution >= 0.6 is 0 Å². The molecule has 5 heteroatoms. The fourth-order valence-corrected chi connectivity index (χ4v) is 1.80. The zero-order valence-corrected chi connectivity index (χ0v) is 10.9. The molecule has 0 heterocycles. The maximum Gasteiger partial charge on any atom is 0.305 e. The molecular weight excluding hydrogens is 252 g/mol. The molecule has 0 aliphatic carbocycles. The average Bonchev–Trinajstić information content (AvgIpc) is 2.37. The van der Waals surface area contributed by atoms with Gasteiger partial charge in [0.25, 0.3) is 6.43 Å². The third-order valence-electron chi connectivity index (χ3n) is 2.73. The zero-order chi connectivity index (χ0) is 14.3. The van der Waals surface area contributed by atoms with E-state index in [0.29, 0.717) is 19.4 Å². The van der Waals surface area contributed by atoms with Crippen molar-refractivity contribution < 1.29 is 18.3 Å². The van der Waals surface area contributed by atoms with E-state index in [9.17, 15) is 13.6 Å². The van der Waals surface area contributed by atoms with Gasteiger partial charge in [-0.3, -0.25) is 4.79 Å². The van der Waals surface area contributed by atoms with E-state index in [1.165, 1.54) is 12.1 Å². The summed E-state index contributed by atoms with van der Waals surface area (Å²) in [5.41, 5.74) is 6.64. The van der Waals surface area contributed by atoms with E-state index in [4.69, 9.17) is 10.5 Å². The highest BCUT2D eigenvalue weighted by Crippen LogP contribution is 2.20. The van der Waals surface area contributed by atoms with Gasteiger partial charge in [-0.2, -0.15) is 0 Å². The number of hydrogen-bond donors (Lipinski definition) is 1. The predicted octanol–water partition coefficient (Wildman–Crippen LogP) is 2.84. The molecule has 1 aromatic carbocycles. The maximum absolute atomic E-state index is 12.5. The number of carbonyl (C=O) groups is 1. The first-order chi connectivity index (χ1) is 9.02. The van der Waals surface area contributed by atoms with Crippen molar-refractivity contribution in [3.63, 3.8) is 0 Å². The number of nitrogens with two attached hydrogens (primary N) is 1. The van der Waals surface area contributed by atoms with Crippen molar-refractivity contribution in [3.05, 3.63) is 35.4 Å². The molecule has 2 N–H and O–H groups in total. The minimum atomic E-state index is -2.48. The van der Waals surface area contributed by atoms with Crippen LogP contribution in [-0.4, -0.2) is 18.6 Å². The lowest BCUT2D eigenvalue weighted by Gasteiger charge is -2.12. The van der Waals surface area contributed by atoms with Crippen LogP contribution in [0.4, 0.5) is 8.78 Å². The van der Waals surface area contributed by atoms with E-state index in [1.54, 1.807) is 19.1 Å². The van der Waals surface area contributed by atoms with Crippen molar-refractivity contribution in [1.29, 1.82) is 0 Å². The van der Waals surface area contributed by atoms with Crippen molar-refractivity contribution in [2.24, 2.45) is 5.73 Å². The summed E-state index contributed by atoms with van der Waals surface area (Å²) < 4.78 is 29.9. The summed E-state index contributed by atoms with van der Waals surface area (Å²) in [6.45, 7) is 2.10. The van der Waals surface area contributed by atoms with Crippen molar-refractivity contribution in [2.45, 2.75) is 38.7 Å². The van der Waals surface area contributed by atoms with Gasteiger partial charge >= 0.3 is 5.97 Å². The number of carbonyl (C=O) groups excluding carboxylic acids is 1. The van der Waals surface area contributed by atoms with Crippen LogP contribution in [0.3, 0.4) is 0 Å². The van der Waals surface area contributed by atoms with Gasteiger partial charge < -0.3 is 10.5 Å². The molecule has 0 aliphatic heterocycles. The van der Waals surface area contributed by atoms with Crippen LogP contribution < -0.4 is 5.73 Å². The lowest BCUT2D eigenvalue weighted by atomic mass is 10.0. The molecule has 0 aromatic heterocycles. The number of alkyl halides is 2. The van der Waals surface area contributed by atoms with Gasteiger partial charge in [-0.1, -0.05) is 24.3 Å². The Balaban J connectivity index is 2.45. The standard InChI is InChI=1S/C14H19F2NO2/c1-2-19-13(18)7-6-12(17)9-10-4-3-5-11(8-10)14(15)16/h3-5,8,12,14H,2,6-7,9,17H2,1H3. The summed E-state index contributed by atoms with van der Waals surface area (Å²) in [6.07, 6.45) is -1.27. The summed E-state index contributed by atoms with van der Waals surface area (Å²) in [6, 6.07) is 5.95. The Bertz CT molecular complexity index is 410. The molecule has 0 spiro atoms. The molecule has 19 heavy (non-hydrogen) atoms. The highest BCUT2D eigenvalue weighted by atomic mass is 19.3. The Kier molecular flexibility index (Phi) is 6.42. The van der Waals surface area contributed by atoms with Crippen molar-refractivity contribution in [2.75, 3.05) is 6.61 Å². The normalized spacial score (nSPS) is 12.5. The van der Waals surface area contributed by atoms with E-state index in [1.807, 2.05) is 0 Å². The predicted molar refractivity (Wildman–Crippen MR) is 68.9 cm³/mol. The second kappa shape index (κ2) is 7.84. The van der Waals surface area contributed by atoms with Crippen LogP contribution in [0.15, 0.2) is 24.3 Å². The van der Waals surface area contributed by atoms with Gasteiger partial charge in [0.15, 0.2) is 0 Å². The summed E-state index contributed by atoms with van der Waals surface area (Å²) in [5.74, 6) is -0.278. The topological polar surface area (TPSA) is 52.3 Å². The number of halogens is 2. The van der Waals surface area contributed by atoms with Crippen LogP contribution in [0.5, 0.6) is 0 Å². The van der Waals surface area contributed by atoms with Crippen LogP contribution in [0, 0.1) is 0 Å². The number of rotatable bonds is 7. The first-order valence-corrected chi connectivity index (χ1v) is 6.31. The van der Waals surface area contributed by atoms with Gasteiger partial charge in [0, 0.05) is 18.0 Å². The number of benzene rings is 1. The highest BCUT2D eigenvalue weighted by molar-refractivity contribution is 5.69. The molecule has 0 bridgehead atoms. The van der Waals surface area contributed by atoms with E-state index >= 15 is 0 Å². The quantitative estimate of drug-likeness (QED) is 0.776. The summed E-state index contributed by atoms with van der Waals surface area (Å²) in [5, 5.41) is 0. The fourth-order valence-electron chi connectivity index (χ4n) is 1.80. The van der Waals surface area contributed by atoms with Gasteiger partial charge in [0.2, 0.25) is 0 Å². The molecule has 1 atom stereocenters. The molecular formula is C14H19F2NO2. The molecule has 0 amide bonds. The van der Waals surface area contributed by atoms with E-state index in [0.717, 1.165) is 5.56 Å². The Morgan fingerprint density at radius 3 is 2.79 bits per heavy atom. The number of esters is 1. The molecule has 0 fully saturated rings. The Labute approximate surface area is 111 Å². The Hall–Kier alpha value is -1.49. The van der Waals surface area contributed by atoms with E-state index in [-0.39, 0.29) is 24.0 Å². The SMILES string of the molecule is CCOC(=O)CCC(N)Cc1cccc(C(F)F)c1. The largest absolute Gasteiger partial charge is 0.466 e. The molecule has 0 radical (unpaired) electrons. The molecule has 1 unspecified atom stereocenters. The van der Waals surface area contributed by atoms with Gasteiger partial charge in [0.05, 0.1) is 6.61 Å². The lowest BCUT2D eigenvalue weighted by molar-refractivity contribution is -0.143. The molecule has 0 saturated heterocycles. The molecule has 1 aromatic rings. The molecule has 3 nitrogen and oxygen atoms in total. The first kappa shape index (κ1) is 15.6. The molecule has 106 valence electrons. The van der Waals surface area contributed by atoms with Gasteiger partial charge in [-0.15, -0.1) is 0 Å². The van der Waals surface area contributed by atoms with Gasteiger partial charge in [-0.05, 0) is 25.3 Å². The van der Waals surface area contributed by atoms with Crippen LogP contribution in [0.2, 0.25) is 0 Å². The third-order valence-corrected chi connectivity index (χ3v) is 2.73. The highest BCUT2D eigenvalue weighted by Gasteiger charge is 2.11. The van der Waals surface area contributed by atoms with Crippen molar-refractivity contribution >= 4 is 5.97 Å². The second-order valence-electron chi connectivity index (χ2n) is 4.35. The minimum absolute atomic E-state index is 0.00454. The van der Waals surface area contributed by atoms with Crippen LogP contribution in [0.1, 0.15) is 37.3 Å². The summed E-state index contributed by atoms with van der Waals surface area (Å²) in [4.78, 5) is 11.2. The fraction of sp³-hybridized carbons (Fsp3) is 0.500. The summed E-state index contributed by atoms with van der Waals surface area (Å²) >= 11 is 0. The van der Waals surface area contributed by atoms with Crippen LogP contribution in [0.25, 0.3) is 0 Å². The minimum Gasteiger partial charge on any atom is -0.466 e. The monoisotopic (exact) mass is 271 g/mol. The molecule has 0 saturated carbocycles. The van der Waals surface area contributed by atoms with Crippen LogP contribution in [-0.2, 0) is 16.0 Å². The van der Waals surface area contributed by atoms with Crippen molar-refractivity contribution in [3.8, 4) is 0 Å². The molecule has 1 rings (SSSR count). The van der Waals surface area contributed by atoms with Gasteiger partial charge in [-0.25, -0.2) is 8.78 Å². The zero-order valence-electron chi connectivity index (χ0n) is 10.9. The second-order valence-corrected chi connectivity index (χ2v) is 4.35. The van der Waals surface area contributed by atoms with E-state index in [2.05, 4.69) is 0 Å². The van der Waals surface area contributed by atoms with E-state index < -0.39 is 6.43 Å². The van der Waals surface area contributed by atoms with Gasteiger partial charge in [0.1, 0.15) is 0 Å². The Morgan fingerprint density at radius 1 is 1.42 bits per heavy atom. The maximum atomic E-state index is 12.5. The average molecular weight is 271 g/mol. The van der Waals surface area contributed by atoms with Crippen molar-refractivity contribution in [1.82, 2.24) is 0 Å². The Morgan fingerprint density at radius 2 is 2.16 bits per heavy atom.